The summed E-state index contributed by atoms with van der Waals surface area (Å²) in [7, 11) is 0. The molecule has 5 nitrogen and oxygen atoms in total. The topological polar surface area (TPSA) is 55.8 Å². The van der Waals surface area contributed by atoms with Crippen LogP contribution < -0.4 is 10.2 Å². The third-order valence-corrected chi connectivity index (χ3v) is 4.01. The molecule has 5 heteroatoms. The molecule has 3 aliphatic rings. The maximum absolute atomic E-state index is 11.0. The van der Waals surface area contributed by atoms with Gasteiger partial charge in [0, 0.05) is 25.2 Å². The van der Waals surface area contributed by atoms with Crippen LogP contribution in [0.25, 0.3) is 0 Å². The third kappa shape index (κ3) is 1.13. The number of rotatable bonds is 0. The number of fused-ring (bicyclic) bond motifs is 5. The van der Waals surface area contributed by atoms with Crippen molar-refractivity contribution in [3.05, 3.63) is 36.0 Å². The Bertz CT molecular complexity index is 569. The van der Waals surface area contributed by atoms with Gasteiger partial charge in [-0.2, -0.15) is 0 Å². The molecule has 3 aliphatic heterocycles. The Morgan fingerprint density at radius 3 is 3.06 bits per heavy atom. The van der Waals surface area contributed by atoms with Gasteiger partial charge in [-0.15, -0.1) is 0 Å². The summed E-state index contributed by atoms with van der Waals surface area (Å²) in [6, 6.07) is 8.19. The number of nitrogens with one attached hydrogen (secondary N) is 1. The van der Waals surface area contributed by atoms with Crippen LogP contribution in [0, 0.1) is 5.92 Å². The number of carbonyl (C=O) groups is 1. The number of nitrogens with zero attached hydrogens (tertiary/aromatic N) is 2. The largest absolute Gasteiger partial charge is 0.465 e. The van der Waals surface area contributed by atoms with Crippen LogP contribution in [-0.4, -0.2) is 35.4 Å². The molecule has 0 spiro atoms. The quantitative estimate of drug-likeness (QED) is 0.729. The fraction of sp³-hybridized carbons (Fsp3) is 0.308. The average molecular weight is 243 g/mol. The number of likely N-dealkylation sites (tertiary alicyclic amines) is 1. The summed E-state index contributed by atoms with van der Waals surface area (Å²) in [6.45, 7) is 1.13. The van der Waals surface area contributed by atoms with E-state index >= 15 is 0 Å². The molecule has 0 aromatic heterocycles. The minimum atomic E-state index is -0.827. The van der Waals surface area contributed by atoms with E-state index in [1.165, 1.54) is 16.2 Å². The summed E-state index contributed by atoms with van der Waals surface area (Å²) in [5.41, 5.74) is 3.53. The number of benzene rings is 1. The number of anilines is 2. The van der Waals surface area contributed by atoms with Gasteiger partial charge in [0.2, 0.25) is 0 Å². The molecule has 2 unspecified atom stereocenters. The van der Waals surface area contributed by atoms with Gasteiger partial charge in [0.1, 0.15) is 6.17 Å². The highest BCUT2D eigenvalue weighted by Crippen LogP contribution is 2.45. The van der Waals surface area contributed by atoms with E-state index in [2.05, 4.69) is 28.5 Å². The van der Waals surface area contributed by atoms with Crippen LogP contribution in [0.3, 0.4) is 0 Å². The highest BCUT2D eigenvalue weighted by Gasteiger charge is 2.46. The molecule has 1 aromatic carbocycles. The number of hydrogen-bond donors (Lipinski definition) is 2. The highest BCUT2D eigenvalue weighted by atomic mass is 16.4. The molecule has 3 heterocycles. The molecule has 92 valence electrons. The minimum Gasteiger partial charge on any atom is -0.465 e. The van der Waals surface area contributed by atoms with Gasteiger partial charge in [0.25, 0.3) is 0 Å². The number of carboxylic acid groups (broad SMARTS) is 1. The van der Waals surface area contributed by atoms with E-state index in [-0.39, 0.29) is 12.1 Å². The van der Waals surface area contributed by atoms with Crippen LogP contribution >= 0.6 is 0 Å². The Morgan fingerprint density at radius 2 is 2.22 bits per heavy atom. The van der Waals surface area contributed by atoms with Crippen LogP contribution in [0.15, 0.2) is 36.0 Å². The van der Waals surface area contributed by atoms with Crippen molar-refractivity contribution in [2.75, 3.05) is 23.3 Å². The van der Waals surface area contributed by atoms with E-state index in [9.17, 15) is 4.79 Å². The Labute approximate surface area is 104 Å². The zero-order valence-electron chi connectivity index (χ0n) is 9.71. The number of hydrogen-bond acceptors (Lipinski definition) is 3. The maximum atomic E-state index is 11.0. The summed E-state index contributed by atoms with van der Waals surface area (Å²) < 4.78 is 0. The second kappa shape index (κ2) is 3.19. The number of para-hydroxylation sites is 2. The van der Waals surface area contributed by atoms with E-state index in [1.807, 2.05) is 12.1 Å². The average Bonchev–Trinajstić information content (AvgIpc) is 2.97. The fourth-order valence-corrected chi connectivity index (χ4v) is 3.16. The molecule has 1 amide bonds. The standard InChI is InChI=1S/C13H13N3O2/c17-13(18)15-5-8-6-16-11-4-2-1-3-10(11)14-12(16)9(8)7-15/h1-4,6,9,12,14H,5,7H2,(H,17,18). The zero-order valence-corrected chi connectivity index (χ0v) is 9.71. The van der Waals surface area contributed by atoms with Gasteiger partial charge in [-0.3, -0.25) is 0 Å². The van der Waals surface area contributed by atoms with E-state index in [0.29, 0.717) is 13.1 Å². The highest BCUT2D eigenvalue weighted by molar-refractivity contribution is 5.79. The molecule has 4 rings (SSSR count). The van der Waals surface area contributed by atoms with Gasteiger partial charge in [-0.05, 0) is 17.7 Å². The van der Waals surface area contributed by atoms with Crippen molar-refractivity contribution in [3.63, 3.8) is 0 Å². The van der Waals surface area contributed by atoms with Crippen molar-refractivity contribution in [3.8, 4) is 0 Å². The molecule has 0 saturated carbocycles. The van der Waals surface area contributed by atoms with E-state index in [1.54, 1.807) is 0 Å². The van der Waals surface area contributed by atoms with Crippen LogP contribution in [0.5, 0.6) is 0 Å². The zero-order chi connectivity index (χ0) is 12.3. The second-order valence-electron chi connectivity index (χ2n) is 4.99. The Morgan fingerprint density at radius 1 is 1.39 bits per heavy atom. The molecule has 2 N–H and O–H groups in total. The van der Waals surface area contributed by atoms with Gasteiger partial charge >= 0.3 is 6.09 Å². The molecule has 0 bridgehead atoms. The predicted molar refractivity (Wildman–Crippen MR) is 67.5 cm³/mol. The van der Waals surface area contributed by atoms with Crippen molar-refractivity contribution in [2.45, 2.75) is 6.17 Å². The summed E-state index contributed by atoms with van der Waals surface area (Å²) >= 11 is 0. The van der Waals surface area contributed by atoms with Crippen LogP contribution in [0.2, 0.25) is 0 Å². The lowest BCUT2D eigenvalue weighted by Gasteiger charge is -2.22. The van der Waals surface area contributed by atoms with E-state index in [0.717, 1.165) is 5.69 Å². The molecular weight excluding hydrogens is 230 g/mol. The lowest BCUT2D eigenvalue weighted by molar-refractivity contribution is 0.154. The molecule has 0 radical (unpaired) electrons. The number of amides is 1. The lowest BCUT2D eigenvalue weighted by atomic mass is 10.0. The third-order valence-electron chi connectivity index (χ3n) is 4.01. The van der Waals surface area contributed by atoms with Crippen molar-refractivity contribution in [2.24, 2.45) is 5.92 Å². The lowest BCUT2D eigenvalue weighted by Crippen LogP contribution is -2.37. The Balaban J connectivity index is 1.69. The van der Waals surface area contributed by atoms with Crippen LogP contribution in [0.1, 0.15) is 0 Å². The summed E-state index contributed by atoms with van der Waals surface area (Å²) in [5, 5.41) is 12.5. The SMILES string of the molecule is O=C(O)N1CC2=CN3c4ccccc4NC3C2C1. The molecule has 18 heavy (non-hydrogen) atoms. The normalized spacial score (nSPS) is 27.4. The summed E-state index contributed by atoms with van der Waals surface area (Å²) in [4.78, 5) is 14.7. The predicted octanol–water partition coefficient (Wildman–Crippen LogP) is 1.75. The Hall–Kier alpha value is -2.17. The summed E-state index contributed by atoms with van der Waals surface area (Å²) in [6.07, 6.45) is 1.46. The smallest absolute Gasteiger partial charge is 0.407 e. The van der Waals surface area contributed by atoms with Gasteiger partial charge in [-0.25, -0.2) is 4.79 Å². The Kier molecular flexibility index (Phi) is 1.74. The van der Waals surface area contributed by atoms with E-state index < -0.39 is 6.09 Å². The van der Waals surface area contributed by atoms with Crippen molar-refractivity contribution < 1.29 is 9.90 Å². The van der Waals surface area contributed by atoms with Gasteiger partial charge in [0.15, 0.2) is 0 Å². The van der Waals surface area contributed by atoms with Gasteiger partial charge < -0.3 is 20.2 Å². The van der Waals surface area contributed by atoms with Gasteiger partial charge in [-0.1, -0.05) is 12.1 Å². The summed E-state index contributed by atoms with van der Waals surface area (Å²) in [5.74, 6) is 0.272. The van der Waals surface area contributed by atoms with Crippen LogP contribution in [0.4, 0.5) is 16.2 Å². The van der Waals surface area contributed by atoms with Gasteiger partial charge in [0.05, 0.1) is 11.4 Å². The van der Waals surface area contributed by atoms with E-state index in [4.69, 9.17) is 5.11 Å². The monoisotopic (exact) mass is 243 g/mol. The molecule has 0 aliphatic carbocycles. The van der Waals surface area contributed by atoms with Crippen molar-refractivity contribution in [1.82, 2.24) is 4.90 Å². The minimum absolute atomic E-state index is 0.182. The molecule has 1 fully saturated rings. The molecule has 1 saturated heterocycles. The molecule has 1 aromatic rings. The van der Waals surface area contributed by atoms with Crippen molar-refractivity contribution >= 4 is 17.5 Å². The first-order chi connectivity index (χ1) is 8.74. The first-order valence-electron chi connectivity index (χ1n) is 6.06. The van der Waals surface area contributed by atoms with Crippen LogP contribution in [-0.2, 0) is 0 Å². The van der Waals surface area contributed by atoms with Crippen molar-refractivity contribution in [1.29, 1.82) is 0 Å². The molecular formula is C13H13N3O2. The first kappa shape index (κ1) is 9.82. The second-order valence-corrected chi connectivity index (χ2v) is 4.99. The fourth-order valence-electron chi connectivity index (χ4n) is 3.16. The maximum Gasteiger partial charge on any atom is 0.407 e. The molecule has 2 atom stereocenters. The first-order valence-corrected chi connectivity index (χ1v) is 6.06.